The highest BCUT2D eigenvalue weighted by molar-refractivity contribution is 5.68. The average Bonchev–Trinajstić information content (AvgIpc) is 2.38. The van der Waals surface area contributed by atoms with Gasteiger partial charge in [-0.3, -0.25) is 5.73 Å². The van der Waals surface area contributed by atoms with Crippen molar-refractivity contribution in [1.29, 1.82) is 0 Å². The number of carbonyl (C=O) groups excluding carboxylic acids is 1. The second kappa shape index (κ2) is 5.56. The lowest BCUT2D eigenvalue weighted by Crippen LogP contribution is -2.50. The number of amides is 1. The van der Waals surface area contributed by atoms with Gasteiger partial charge in [-0.2, -0.15) is 0 Å². The number of aromatic amines is 1. The molecule has 110 valence electrons. The van der Waals surface area contributed by atoms with E-state index in [0.29, 0.717) is 18.9 Å². The van der Waals surface area contributed by atoms with Crippen LogP contribution in [0, 0.1) is 0 Å². The number of nitrogens with one attached hydrogen (secondary N) is 1. The molecule has 0 unspecified atom stereocenters. The Morgan fingerprint density at radius 1 is 1.25 bits per heavy atom. The number of H-pyrrole nitrogens is 1. The predicted octanol–water partition coefficient (Wildman–Crippen LogP) is 1.14. The molecule has 0 spiro atoms. The van der Waals surface area contributed by atoms with Gasteiger partial charge in [0.25, 0.3) is 5.82 Å². The Bertz CT molecular complexity index is 459. The number of anilines is 2. The second-order valence-electron chi connectivity index (χ2n) is 5.96. The van der Waals surface area contributed by atoms with Gasteiger partial charge in [0.2, 0.25) is 0 Å². The Hall–Kier alpha value is -1.98. The first-order chi connectivity index (χ1) is 9.35. The number of nitrogens with two attached hydrogens (primary N) is 1. The maximum Gasteiger partial charge on any atom is 0.410 e. The summed E-state index contributed by atoms with van der Waals surface area (Å²) in [4.78, 5) is 18.9. The van der Waals surface area contributed by atoms with E-state index in [1.165, 1.54) is 0 Å². The number of pyridine rings is 1. The van der Waals surface area contributed by atoms with Crippen LogP contribution in [-0.4, -0.2) is 42.8 Å². The van der Waals surface area contributed by atoms with Crippen molar-refractivity contribution in [3.05, 3.63) is 18.3 Å². The van der Waals surface area contributed by atoms with Gasteiger partial charge < -0.3 is 14.5 Å². The van der Waals surface area contributed by atoms with Crippen molar-refractivity contribution in [3.63, 3.8) is 0 Å². The molecule has 6 heteroatoms. The van der Waals surface area contributed by atoms with Gasteiger partial charge >= 0.3 is 6.09 Å². The lowest BCUT2D eigenvalue weighted by Gasteiger charge is -2.36. The van der Waals surface area contributed by atoms with E-state index < -0.39 is 5.60 Å². The first kappa shape index (κ1) is 14.4. The van der Waals surface area contributed by atoms with E-state index in [0.717, 1.165) is 18.8 Å². The van der Waals surface area contributed by atoms with Gasteiger partial charge in [-0.1, -0.05) is 0 Å². The minimum Gasteiger partial charge on any atom is -0.444 e. The number of nitrogens with zero attached hydrogens (tertiary/aromatic N) is 2. The molecule has 1 saturated heterocycles. The van der Waals surface area contributed by atoms with Gasteiger partial charge in [0.15, 0.2) is 0 Å². The van der Waals surface area contributed by atoms with Crippen molar-refractivity contribution >= 4 is 17.6 Å². The first-order valence-electron chi connectivity index (χ1n) is 6.85. The third-order valence-corrected chi connectivity index (χ3v) is 3.12. The minimum atomic E-state index is -0.444. The lowest BCUT2D eigenvalue weighted by molar-refractivity contribution is -0.359. The Morgan fingerprint density at radius 2 is 1.90 bits per heavy atom. The minimum absolute atomic E-state index is 0.235. The molecule has 1 amide bonds. The maximum atomic E-state index is 12.0. The number of piperazine rings is 1. The summed E-state index contributed by atoms with van der Waals surface area (Å²) in [6, 6.07) is 3.82. The van der Waals surface area contributed by atoms with Crippen molar-refractivity contribution < 1.29 is 14.5 Å². The quantitative estimate of drug-likeness (QED) is 0.836. The summed E-state index contributed by atoms with van der Waals surface area (Å²) >= 11 is 0. The lowest BCUT2D eigenvalue weighted by atomic mass is 10.2. The SMILES string of the molecule is CC(C)(C)OC(=O)N1CCN(c2ccc(N)[nH+]c2)CC1. The van der Waals surface area contributed by atoms with E-state index in [1.54, 1.807) is 4.90 Å². The fourth-order valence-electron chi connectivity index (χ4n) is 2.10. The monoisotopic (exact) mass is 279 g/mol. The summed E-state index contributed by atoms with van der Waals surface area (Å²) in [6.07, 6.45) is 1.65. The predicted molar refractivity (Wildman–Crippen MR) is 77.4 cm³/mol. The van der Waals surface area contributed by atoms with Crippen LogP contribution in [0.4, 0.5) is 16.3 Å². The Morgan fingerprint density at radius 3 is 2.40 bits per heavy atom. The number of aromatic nitrogens is 1. The van der Waals surface area contributed by atoms with E-state index >= 15 is 0 Å². The standard InChI is InChI=1S/C14H22N4O2/c1-14(2,3)20-13(19)18-8-6-17(7-9-18)11-4-5-12(15)16-10-11/h4-5,10H,6-9H2,1-3H3,(H2,15,16)/p+1. The van der Waals surface area contributed by atoms with Crippen molar-refractivity contribution in [2.24, 2.45) is 0 Å². The van der Waals surface area contributed by atoms with E-state index in [4.69, 9.17) is 10.5 Å². The first-order valence-corrected chi connectivity index (χ1v) is 6.85. The van der Waals surface area contributed by atoms with Gasteiger partial charge in [0.05, 0.1) is 5.69 Å². The normalized spacial score (nSPS) is 16.1. The van der Waals surface area contributed by atoms with Crippen molar-refractivity contribution in [2.45, 2.75) is 26.4 Å². The van der Waals surface area contributed by atoms with Crippen LogP contribution in [0.1, 0.15) is 20.8 Å². The summed E-state index contributed by atoms with van der Waals surface area (Å²) in [6.45, 7) is 8.55. The van der Waals surface area contributed by atoms with E-state index in [1.807, 2.05) is 39.1 Å². The van der Waals surface area contributed by atoms with E-state index in [9.17, 15) is 4.79 Å². The summed E-state index contributed by atoms with van der Waals surface area (Å²) in [5.41, 5.74) is 6.28. The summed E-state index contributed by atoms with van der Waals surface area (Å²) in [5, 5.41) is 0. The van der Waals surface area contributed by atoms with Crippen LogP contribution in [0.3, 0.4) is 0 Å². The van der Waals surface area contributed by atoms with E-state index in [2.05, 4.69) is 9.88 Å². The second-order valence-corrected chi connectivity index (χ2v) is 5.96. The van der Waals surface area contributed by atoms with Gasteiger partial charge in [-0.25, -0.2) is 9.78 Å². The molecule has 1 aliphatic heterocycles. The van der Waals surface area contributed by atoms with Gasteiger partial charge in [0.1, 0.15) is 11.8 Å². The molecule has 3 N–H and O–H groups in total. The van der Waals surface area contributed by atoms with Crippen LogP contribution in [0.25, 0.3) is 0 Å². The zero-order valence-electron chi connectivity index (χ0n) is 12.3. The van der Waals surface area contributed by atoms with Crippen molar-refractivity contribution in [3.8, 4) is 0 Å². The largest absolute Gasteiger partial charge is 0.444 e. The van der Waals surface area contributed by atoms with Crippen LogP contribution in [0.2, 0.25) is 0 Å². The van der Waals surface area contributed by atoms with Crippen molar-refractivity contribution in [2.75, 3.05) is 36.8 Å². The van der Waals surface area contributed by atoms with Gasteiger partial charge in [-0.05, 0) is 26.8 Å². The molecule has 2 rings (SSSR count). The average molecular weight is 279 g/mol. The summed E-state index contributed by atoms with van der Waals surface area (Å²) in [7, 11) is 0. The highest BCUT2D eigenvalue weighted by atomic mass is 16.6. The van der Waals surface area contributed by atoms with Gasteiger partial charge in [0, 0.05) is 32.2 Å². The topological polar surface area (TPSA) is 72.9 Å². The molecule has 1 aromatic heterocycles. The number of rotatable bonds is 1. The van der Waals surface area contributed by atoms with Crippen LogP contribution >= 0.6 is 0 Å². The number of carbonyl (C=O) groups is 1. The van der Waals surface area contributed by atoms with Crippen LogP contribution < -0.4 is 15.6 Å². The molecule has 0 atom stereocenters. The fraction of sp³-hybridized carbons (Fsp3) is 0.571. The number of hydrogen-bond acceptors (Lipinski definition) is 4. The molecule has 0 aliphatic carbocycles. The maximum absolute atomic E-state index is 12.0. The highest BCUT2D eigenvalue weighted by Gasteiger charge is 2.26. The highest BCUT2D eigenvalue weighted by Crippen LogP contribution is 2.16. The molecular weight excluding hydrogens is 256 g/mol. The van der Waals surface area contributed by atoms with Crippen LogP contribution in [-0.2, 0) is 4.74 Å². The smallest absolute Gasteiger partial charge is 0.410 e. The number of nitrogen functional groups attached to an aromatic ring is 1. The molecule has 0 bridgehead atoms. The van der Waals surface area contributed by atoms with Crippen LogP contribution in [0.15, 0.2) is 18.3 Å². The number of ether oxygens (including phenoxy) is 1. The Kier molecular flexibility index (Phi) is 4.01. The Labute approximate surface area is 119 Å². The third kappa shape index (κ3) is 3.76. The molecule has 0 aromatic carbocycles. The molecule has 1 fully saturated rings. The van der Waals surface area contributed by atoms with Gasteiger partial charge in [-0.15, -0.1) is 0 Å². The molecule has 1 aliphatic rings. The third-order valence-electron chi connectivity index (χ3n) is 3.12. The molecule has 1 aromatic rings. The Balaban J connectivity index is 1.89. The molecular formula is C14H23N4O2+. The zero-order valence-corrected chi connectivity index (χ0v) is 12.3. The summed E-state index contributed by atoms with van der Waals surface area (Å²) in [5.74, 6) is 0.640. The van der Waals surface area contributed by atoms with E-state index in [-0.39, 0.29) is 6.09 Å². The molecule has 2 heterocycles. The fourth-order valence-corrected chi connectivity index (χ4v) is 2.10. The van der Waals surface area contributed by atoms with Crippen molar-refractivity contribution in [1.82, 2.24) is 4.90 Å². The molecule has 0 saturated carbocycles. The molecule has 20 heavy (non-hydrogen) atoms. The summed E-state index contributed by atoms with van der Waals surface area (Å²) < 4.78 is 5.38. The van der Waals surface area contributed by atoms with Crippen LogP contribution in [0.5, 0.6) is 0 Å². The molecule has 6 nitrogen and oxygen atoms in total. The number of hydrogen-bond donors (Lipinski definition) is 1. The zero-order chi connectivity index (χ0) is 14.8. The molecule has 0 radical (unpaired) electrons.